The number of nitrogen functional groups attached to an aromatic ring is 1. The van der Waals surface area contributed by atoms with Gasteiger partial charge in [-0.3, -0.25) is 19.3 Å². The summed E-state index contributed by atoms with van der Waals surface area (Å²) in [5.74, 6) is -8.23. The molecule has 1 fully saturated rings. The topological polar surface area (TPSA) is 280 Å². The average molecular weight is 757 g/mol. The van der Waals surface area contributed by atoms with E-state index in [-0.39, 0.29) is 33.4 Å². The number of aromatic hydroxyl groups is 1. The molecule has 0 unspecified atom stereocenters. The second-order valence-corrected chi connectivity index (χ2v) is 15.3. The van der Waals surface area contributed by atoms with Crippen LogP contribution in [0.1, 0.15) is 35.9 Å². The third-order valence-electron chi connectivity index (χ3n) is 9.47. The van der Waals surface area contributed by atoms with E-state index in [2.05, 4.69) is 14.7 Å². The van der Waals surface area contributed by atoms with Gasteiger partial charge >= 0.3 is 0 Å². The van der Waals surface area contributed by atoms with Crippen molar-refractivity contribution in [3.05, 3.63) is 86.9 Å². The second-order valence-electron chi connectivity index (χ2n) is 13.2. The van der Waals surface area contributed by atoms with Crippen LogP contribution in [0.4, 0.5) is 11.6 Å². The summed E-state index contributed by atoms with van der Waals surface area (Å²) >= 11 is 6.28. The number of aliphatic hydroxyl groups is 4. The van der Waals surface area contributed by atoms with E-state index in [0.717, 1.165) is 0 Å². The van der Waals surface area contributed by atoms with Gasteiger partial charge in [-0.2, -0.15) is 0 Å². The molecule has 18 heteroatoms. The van der Waals surface area contributed by atoms with Gasteiger partial charge in [-0.1, -0.05) is 11.6 Å². The summed E-state index contributed by atoms with van der Waals surface area (Å²) in [4.78, 5) is 48.3. The zero-order valence-corrected chi connectivity index (χ0v) is 30.1. The van der Waals surface area contributed by atoms with Crippen LogP contribution in [0, 0.1) is 25.7 Å². The summed E-state index contributed by atoms with van der Waals surface area (Å²) in [6.45, 7) is 4.89. The number of Topliss-reactive ketones (excluding diaryl/α,β-unsaturated/α-hetero) is 2. The second kappa shape index (κ2) is 13.2. The summed E-state index contributed by atoms with van der Waals surface area (Å²) < 4.78 is 26.6. The van der Waals surface area contributed by atoms with Gasteiger partial charge in [0, 0.05) is 45.1 Å². The number of benzene rings is 2. The number of nitrogens with two attached hydrogens (primary N) is 2. The number of anilines is 2. The van der Waals surface area contributed by atoms with Gasteiger partial charge in [0.1, 0.15) is 22.8 Å². The smallest absolute Gasteiger partial charge is 0.264 e. The molecule has 1 aromatic heterocycles. The maximum Gasteiger partial charge on any atom is 0.264 e. The van der Waals surface area contributed by atoms with Crippen LogP contribution in [0.3, 0.4) is 0 Å². The van der Waals surface area contributed by atoms with Gasteiger partial charge in [-0.25, -0.2) is 23.1 Å². The lowest BCUT2D eigenvalue weighted by molar-refractivity contribution is -0.159. The molecule has 6 rings (SSSR count). The summed E-state index contributed by atoms with van der Waals surface area (Å²) in [5, 5.41) is 55.2. The molecule has 52 heavy (non-hydrogen) atoms. The number of ketones is 2. The number of hydrogen-bond donors (Lipinski definition) is 8. The Bertz CT molecular complexity index is 2180. The van der Waals surface area contributed by atoms with Crippen LogP contribution < -0.4 is 16.2 Å². The Morgan fingerprint density at radius 2 is 1.60 bits per heavy atom. The number of primary amides is 1. The number of carbonyl (C=O) groups is 3. The van der Waals surface area contributed by atoms with Crippen LogP contribution >= 0.6 is 11.6 Å². The Kier molecular flexibility index (Phi) is 9.66. The Morgan fingerprint density at radius 1 is 1.02 bits per heavy atom. The maximum atomic E-state index is 13.7. The number of likely N-dealkylation sites (N-methyl/N-ethyl adjacent to an activating group) is 1. The molecule has 1 saturated carbocycles. The molecule has 0 spiro atoms. The Morgan fingerprint density at radius 3 is 2.13 bits per heavy atom. The van der Waals surface area contributed by atoms with E-state index in [1.165, 1.54) is 62.3 Å². The largest absolute Gasteiger partial charge is 0.508 e. The number of hydrogen-bond acceptors (Lipinski definition) is 14. The van der Waals surface area contributed by atoms with Crippen molar-refractivity contribution >= 4 is 56.5 Å². The molecule has 3 aliphatic rings. The Labute approximate surface area is 303 Å². The fourth-order valence-electron chi connectivity index (χ4n) is 7.18. The van der Waals surface area contributed by atoms with E-state index in [1.54, 1.807) is 19.9 Å². The molecule has 0 radical (unpaired) electrons. The quantitative estimate of drug-likeness (QED) is 0.136. The van der Waals surface area contributed by atoms with Gasteiger partial charge in [0.15, 0.2) is 11.4 Å². The summed E-state index contributed by atoms with van der Waals surface area (Å²) in [7, 11) is -0.721. The molecule has 10 N–H and O–H groups in total. The summed E-state index contributed by atoms with van der Waals surface area (Å²) in [6, 6.07) is 8.92. The SMILES string of the molecule is CN(C)[C@@H]1C(=O)C(C(N)=O)=C(O)[C@@]2(O)C(=O)C3=C(O)c4c(O)ccc(Cl)c4[C@](C)(O)[C@H]3C[C@@H]12.Cc1cc(C)nc(NS(=O)(=O)c2ccc(N)cc2)n1. The van der Waals surface area contributed by atoms with Gasteiger partial charge in [-0.05, 0) is 83.8 Å². The number of amides is 1. The lowest BCUT2D eigenvalue weighted by Crippen LogP contribution is -2.67. The third-order valence-corrected chi connectivity index (χ3v) is 11.1. The summed E-state index contributed by atoms with van der Waals surface area (Å²) in [5.41, 5.74) is 6.31. The van der Waals surface area contributed by atoms with Crippen molar-refractivity contribution in [1.29, 1.82) is 0 Å². The normalized spacial score (nSPS) is 25.5. The fraction of sp³-hybridized carbons (Fsp3) is 0.324. The number of halogens is 1. The number of fused-ring (bicyclic) bond motifs is 3. The van der Waals surface area contributed by atoms with Crippen molar-refractivity contribution in [3.8, 4) is 5.75 Å². The first-order valence-electron chi connectivity index (χ1n) is 15.6. The number of nitrogens with one attached hydrogen (secondary N) is 1. The number of phenolic OH excluding ortho intramolecular Hbond substituents is 1. The predicted octanol–water partition coefficient (Wildman–Crippen LogP) is 1.76. The minimum atomic E-state index is -3.69. The third kappa shape index (κ3) is 6.13. The zero-order chi connectivity index (χ0) is 38.8. The highest BCUT2D eigenvalue weighted by Gasteiger charge is 2.66. The van der Waals surface area contributed by atoms with Gasteiger partial charge in [0.05, 0.1) is 22.1 Å². The van der Waals surface area contributed by atoms with E-state index in [4.69, 9.17) is 23.1 Å². The Hall–Kier alpha value is -5.07. The van der Waals surface area contributed by atoms with Crippen molar-refractivity contribution in [2.24, 2.45) is 17.6 Å². The summed E-state index contributed by atoms with van der Waals surface area (Å²) in [6.07, 6.45) is -0.259. The Balaban J connectivity index is 0.000000233. The van der Waals surface area contributed by atoms with E-state index in [9.17, 15) is 48.3 Å². The highest BCUT2D eigenvalue weighted by atomic mass is 35.5. The number of rotatable bonds is 5. The molecular formula is C34H37ClN6O10S. The molecular weight excluding hydrogens is 720 g/mol. The number of nitrogens with zero attached hydrogens (tertiary/aromatic N) is 3. The minimum absolute atomic E-state index is 0.0187. The van der Waals surface area contributed by atoms with E-state index < -0.39 is 85.0 Å². The van der Waals surface area contributed by atoms with Crippen LogP contribution in [0.15, 0.2) is 64.3 Å². The first-order valence-corrected chi connectivity index (χ1v) is 17.5. The zero-order valence-electron chi connectivity index (χ0n) is 28.5. The van der Waals surface area contributed by atoms with Gasteiger partial charge in [0.2, 0.25) is 11.7 Å². The molecule has 2 aromatic carbocycles. The van der Waals surface area contributed by atoms with Crippen molar-refractivity contribution in [1.82, 2.24) is 14.9 Å². The molecule has 0 bridgehead atoms. The standard InChI is InChI=1S/C22H23ClN2O8.C12H14N4O2S/c1-21(32)7-6-8-15(25(2)3)17(28)13(20(24)31)19(30)22(8,33)18(29)11(7)16(27)12-10(26)5-4-9(23)14(12)21;1-8-7-9(2)15-12(14-8)16-19(17,18)11-5-3-10(13)4-6-11/h4-5,7-8,15,26-27,30,32-33H,6H2,1-3H3,(H2,24,31);3-7H,13H2,1-2H3,(H,14,15,16)/t7-,8-,15-,21+,22-;/m0./s1. The number of aliphatic hydroxyl groups excluding tert-OH is 2. The molecule has 276 valence electrons. The van der Waals surface area contributed by atoms with Gasteiger partial charge in [-0.15, -0.1) is 0 Å². The van der Waals surface area contributed by atoms with Crippen molar-refractivity contribution in [3.63, 3.8) is 0 Å². The molecule has 0 saturated heterocycles. The monoisotopic (exact) mass is 756 g/mol. The van der Waals surface area contributed by atoms with E-state index in [1.807, 2.05) is 0 Å². The number of phenols is 1. The van der Waals surface area contributed by atoms with Crippen LogP contribution in [-0.4, -0.2) is 92.0 Å². The van der Waals surface area contributed by atoms with Crippen molar-refractivity contribution < 1.29 is 48.3 Å². The maximum absolute atomic E-state index is 13.7. The molecule has 3 aromatic rings. The molecule has 5 atom stereocenters. The first-order chi connectivity index (χ1) is 24.0. The molecule has 3 aliphatic carbocycles. The molecule has 16 nitrogen and oxygen atoms in total. The number of aryl methyl sites for hydroxylation is 2. The van der Waals surface area contributed by atoms with Crippen LogP contribution in [0.5, 0.6) is 5.75 Å². The molecule has 1 amide bonds. The van der Waals surface area contributed by atoms with Crippen molar-refractivity contribution in [2.75, 3.05) is 24.6 Å². The minimum Gasteiger partial charge on any atom is -0.508 e. The first kappa shape index (κ1) is 38.2. The van der Waals surface area contributed by atoms with Crippen LogP contribution in [0.25, 0.3) is 5.76 Å². The number of sulfonamides is 1. The van der Waals surface area contributed by atoms with E-state index >= 15 is 0 Å². The van der Waals surface area contributed by atoms with Crippen LogP contribution in [-0.2, 0) is 30.0 Å². The van der Waals surface area contributed by atoms with E-state index in [0.29, 0.717) is 17.1 Å². The fourth-order valence-corrected chi connectivity index (χ4v) is 8.47. The lowest BCUT2D eigenvalue weighted by Gasteiger charge is -2.53. The number of aromatic nitrogens is 2. The van der Waals surface area contributed by atoms with Crippen molar-refractivity contribution in [2.45, 2.75) is 49.3 Å². The molecule has 0 aliphatic heterocycles. The van der Waals surface area contributed by atoms with Gasteiger partial charge < -0.3 is 37.0 Å². The highest BCUT2D eigenvalue weighted by molar-refractivity contribution is 7.92. The van der Waals surface area contributed by atoms with Crippen LogP contribution in [0.2, 0.25) is 5.02 Å². The van der Waals surface area contributed by atoms with Gasteiger partial charge in [0.25, 0.3) is 15.9 Å². The lowest BCUT2D eigenvalue weighted by atomic mass is 9.54. The highest BCUT2D eigenvalue weighted by Crippen LogP contribution is 2.58. The molecule has 1 heterocycles. The average Bonchev–Trinajstić information content (AvgIpc) is 3.02. The predicted molar refractivity (Wildman–Crippen MR) is 188 cm³/mol. The number of carbonyl (C=O) groups excluding carboxylic acids is 3.